The largest absolute Gasteiger partial charge is 0.397 e. The molecule has 1 fully saturated rings. The maximum atomic E-state index is 11.9. The van der Waals surface area contributed by atoms with Crippen molar-refractivity contribution in [1.29, 1.82) is 0 Å². The summed E-state index contributed by atoms with van der Waals surface area (Å²) in [5.41, 5.74) is 8.54. The zero-order valence-electron chi connectivity index (χ0n) is 12.0. The Hall–Kier alpha value is -1.71. The first-order valence-corrected chi connectivity index (χ1v) is 6.88. The number of benzene rings is 1. The monoisotopic (exact) mass is 261 g/mol. The molecule has 1 aliphatic heterocycles. The van der Waals surface area contributed by atoms with Gasteiger partial charge in [-0.25, -0.2) is 0 Å². The lowest BCUT2D eigenvalue weighted by atomic mass is 10.0. The van der Waals surface area contributed by atoms with Gasteiger partial charge in [0, 0.05) is 32.2 Å². The van der Waals surface area contributed by atoms with Gasteiger partial charge in [-0.2, -0.15) is 0 Å². The van der Waals surface area contributed by atoms with E-state index in [0.29, 0.717) is 17.3 Å². The van der Waals surface area contributed by atoms with E-state index in [1.54, 1.807) is 25.1 Å². The van der Waals surface area contributed by atoms with E-state index < -0.39 is 0 Å². The van der Waals surface area contributed by atoms with Crippen molar-refractivity contribution in [3.05, 3.63) is 23.8 Å². The normalized spacial score (nSPS) is 19.3. The van der Waals surface area contributed by atoms with Crippen molar-refractivity contribution in [3.63, 3.8) is 0 Å². The number of amides is 1. The Morgan fingerprint density at radius 2 is 2.11 bits per heavy atom. The first-order valence-electron chi connectivity index (χ1n) is 6.88. The molecule has 4 heteroatoms. The number of hydrogen-bond donors (Lipinski definition) is 1. The van der Waals surface area contributed by atoms with Gasteiger partial charge >= 0.3 is 0 Å². The van der Waals surface area contributed by atoms with E-state index in [9.17, 15) is 4.79 Å². The molecule has 0 radical (unpaired) electrons. The number of nitrogens with two attached hydrogens (primary N) is 1. The molecule has 104 valence electrons. The minimum atomic E-state index is -0.00931. The molecule has 2 rings (SSSR count). The van der Waals surface area contributed by atoms with E-state index in [2.05, 4.69) is 11.8 Å². The third kappa shape index (κ3) is 2.83. The zero-order chi connectivity index (χ0) is 14.0. The van der Waals surface area contributed by atoms with Gasteiger partial charge in [-0.3, -0.25) is 4.79 Å². The Labute approximate surface area is 115 Å². The number of nitrogens with zero attached hydrogens (tertiary/aromatic N) is 2. The van der Waals surface area contributed by atoms with E-state index >= 15 is 0 Å². The molecule has 0 bridgehead atoms. The van der Waals surface area contributed by atoms with Crippen molar-refractivity contribution < 1.29 is 4.79 Å². The first kappa shape index (κ1) is 13.7. The van der Waals surface area contributed by atoms with E-state index in [1.807, 2.05) is 12.1 Å². The molecule has 0 aliphatic carbocycles. The van der Waals surface area contributed by atoms with E-state index in [4.69, 9.17) is 5.73 Å². The summed E-state index contributed by atoms with van der Waals surface area (Å²) < 4.78 is 0. The highest BCUT2D eigenvalue weighted by Crippen LogP contribution is 2.30. The van der Waals surface area contributed by atoms with Crippen LogP contribution in [0.4, 0.5) is 11.4 Å². The predicted octanol–water partition coefficient (Wildman–Crippen LogP) is 2.35. The topological polar surface area (TPSA) is 49.6 Å². The molecule has 4 nitrogen and oxygen atoms in total. The van der Waals surface area contributed by atoms with Crippen LogP contribution >= 0.6 is 0 Å². The maximum absolute atomic E-state index is 11.9. The molecule has 0 saturated carbocycles. The molecule has 2 N–H and O–H groups in total. The molecule has 1 heterocycles. The number of carbonyl (C=O) groups excluding carboxylic acids is 1. The molecular weight excluding hydrogens is 238 g/mol. The second-order valence-corrected chi connectivity index (χ2v) is 5.51. The van der Waals surface area contributed by atoms with Crippen LogP contribution < -0.4 is 10.6 Å². The summed E-state index contributed by atoms with van der Waals surface area (Å²) in [5.74, 6) is -0.00931. The Kier molecular flexibility index (Phi) is 3.98. The predicted molar refractivity (Wildman–Crippen MR) is 79.5 cm³/mol. The Morgan fingerprint density at radius 3 is 2.68 bits per heavy atom. The smallest absolute Gasteiger partial charge is 0.253 e. The van der Waals surface area contributed by atoms with Gasteiger partial charge in [-0.05, 0) is 44.4 Å². The Morgan fingerprint density at radius 1 is 1.37 bits per heavy atom. The van der Waals surface area contributed by atoms with Gasteiger partial charge < -0.3 is 15.5 Å². The number of anilines is 2. The quantitative estimate of drug-likeness (QED) is 0.831. The molecule has 1 saturated heterocycles. The average molecular weight is 261 g/mol. The van der Waals surface area contributed by atoms with Crippen molar-refractivity contribution >= 4 is 17.3 Å². The fourth-order valence-electron chi connectivity index (χ4n) is 2.66. The van der Waals surface area contributed by atoms with Crippen molar-refractivity contribution in [2.75, 3.05) is 31.3 Å². The van der Waals surface area contributed by atoms with Gasteiger partial charge in [0.15, 0.2) is 0 Å². The van der Waals surface area contributed by atoms with Crippen LogP contribution in [-0.2, 0) is 0 Å². The highest BCUT2D eigenvalue weighted by molar-refractivity contribution is 5.95. The molecule has 1 amide bonds. The summed E-state index contributed by atoms with van der Waals surface area (Å²) in [6, 6.07) is 6.16. The summed E-state index contributed by atoms with van der Waals surface area (Å²) in [7, 11) is 3.50. The van der Waals surface area contributed by atoms with Crippen molar-refractivity contribution in [1.82, 2.24) is 4.90 Å². The molecule has 19 heavy (non-hydrogen) atoms. The van der Waals surface area contributed by atoms with Crippen LogP contribution in [0.15, 0.2) is 18.2 Å². The Balaban J connectivity index is 2.26. The van der Waals surface area contributed by atoms with Gasteiger partial charge in [-0.1, -0.05) is 0 Å². The number of hydrogen-bond acceptors (Lipinski definition) is 3. The average Bonchev–Trinajstić information content (AvgIpc) is 2.38. The van der Waals surface area contributed by atoms with Crippen LogP contribution in [0.25, 0.3) is 0 Å². The maximum Gasteiger partial charge on any atom is 0.253 e. The highest BCUT2D eigenvalue weighted by atomic mass is 16.2. The summed E-state index contributed by atoms with van der Waals surface area (Å²) in [6.07, 6.45) is 3.70. The second kappa shape index (κ2) is 5.51. The summed E-state index contributed by atoms with van der Waals surface area (Å²) >= 11 is 0. The molecule has 1 aromatic carbocycles. The molecule has 0 spiro atoms. The van der Waals surface area contributed by atoms with Gasteiger partial charge in [0.05, 0.1) is 11.4 Å². The minimum absolute atomic E-state index is 0.00931. The molecule has 1 aliphatic rings. The van der Waals surface area contributed by atoms with E-state index in [1.165, 1.54) is 19.3 Å². The van der Waals surface area contributed by atoms with Crippen LogP contribution in [0.2, 0.25) is 0 Å². The molecule has 0 aromatic heterocycles. The lowest BCUT2D eigenvalue weighted by Crippen LogP contribution is -2.37. The highest BCUT2D eigenvalue weighted by Gasteiger charge is 2.21. The number of carbonyl (C=O) groups is 1. The van der Waals surface area contributed by atoms with Gasteiger partial charge in [0.25, 0.3) is 5.91 Å². The molecule has 1 unspecified atom stereocenters. The number of rotatable bonds is 2. The zero-order valence-corrected chi connectivity index (χ0v) is 12.0. The van der Waals surface area contributed by atoms with Crippen LogP contribution in [-0.4, -0.2) is 37.5 Å². The minimum Gasteiger partial charge on any atom is -0.397 e. The lowest BCUT2D eigenvalue weighted by Gasteiger charge is -2.36. The third-order valence-corrected chi connectivity index (χ3v) is 3.79. The molecule has 1 atom stereocenters. The summed E-state index contributed by atoms with van der Waals surface area (Å²) in [5, 5.41) is 0. The van der Waals surface area contributed by atoms with Gasteiger partial charge in [-0.15, -0.1) is 0 Å². The first-order chi connectivity index (χ1) is 9.00. The van der Waals surface area contributed by atoms with Crippen molar-refractivity contribution in [2.24, 2.45) is 0 Å². The fraction of sp³-hybridized carbons (Fsp3) is 0.533. The lowest BCUT2D eigenvalue weighted by molar-refractivity contribution is 0.0827. The summed E-state index contributed by atoms with van der Waals surface area (Å²) in [4.78, 5) is 15.8. The SMILES string of the molecule is CC1CCCCN1c1ccc(C(=O)N(C)C)cc1N. The van der Waals surface area contributed by atoms with Crippen LogP contribution in [0.3, 0.4) is 0 Å². The van der Waals surface area contributed by atoms with Crippen LogP contribution in [0.5, 0.6) is 0 Å². The fourth-order valence-corrected chi connectivity index (χ4v) is 2.66. The number of nitrogen functional groups attached to an aromatic ring is 1. The van der Waals surface area contributed by atoms with Crippen LogP contribution in [0.1, 0.15) is 36.5 Å². The summed E-state index contributed by atoms with van der Waals surface area (Å²) in [6.45, 7) is 3.28. The third-order valence-electron chi connectivity index (χ3n) is 3.79. The van der Waals surface area contributed by atoms with E-state index in [0.717, 1.165) is 12.2 Å². The van der Waals surface area contributed by atoms with Crippen molar-refractivity contribution in [3.8, 4) is 0 Å². The Bertz CT molecular complexity index is 470. The molecular formula is C15H23N3O. The van der Waals surface area contributed by atoms with Crippen LogP contribution in [0, 0.1) is 0 Å². The van der Waals surface area contributed by atoms with Gasteiger partial charge in [0.2, 0.25) is 0 Å². The van der Waals surface area contributed by atoms with E-state index in [-0.39, 0.29) is 5.91 Å². The number of piperidine rings is 1. The standard InChI is InChI=1S/C15H23N3O/c1-11-6-4-5-9-18(11)14-8-7-12(10-13(14)16)15(19)17(2)3/h7-8,10-11H,4-6,9,16H2,1-3H3. The second-order valence-electron chi connectivity index (χ2n) is 5.51. The van der Waals surface area contributed by atoms with Gasteiger partial charge in [0.1, 0.15) is 0 Å². The molecule has 1 aromatic rings. The van der Waals surface area contributed by atoms with Crippen molar-refractivity contribution in [2.45, 2.75) is 32.2 Å².